The summed E-state index contributed by atoms with van der Waals surface area (Å²) in [7, 11) is -2.27. The average Bonchev–Trinajstić information content (AvgIpc) is 3.39. The Morgan fingerprint density at radius 2 is 1.97 bits per heavy atom. The first-order valence-corrected chi connectivity index (χ1v) is 13.6. The Balaban J connectivity index is 1.46. The fourth-order valence-corrected chi connectivity index (χ4v) is 6.23. The molecule has 0 radical (unpaired) electrons. The number of ether oxygens (including phenoxy) is 4. The molecule has 192 valence electrons. The summed E-state index contributed by atoms with van der Waals surface area (Å²) < 4.78 is 52.3. The zero-order valence-corrected chi connectivity index (χ0v) is 21.5. The number of pyridine rings is 1. The predicted octanol–water partition coefficient (Wildman–Crippen LogP) is 4.03. The summed E-state index contributed by atoms with van der Waals surface area (Å²) in [4.78, 5) is 4.58. The summed E-state index contributed by atoms with van der Waals surface area (Å²) in [6.07, 6.45) is 3.23. The SMILES string of the molecule is COc1ccc(CN(C[C@H]2CCCO2)S(=O)(=O)c2cccc3cccnc23)cc1OCC1(C)COC1. The van der Waals surface area contributed by atoms with Crippen LogP contribution in [0.4, 0.5) is 0 Å². The van der Waals surface area contributed by atoms with Crippen molar-refractivity contribution in [3.63, 3.8) is 0 Å². The normalized spacial score (nSPS) is 19.4. The first kappa shape index (κ1) is 25.0. The van der Waals surface area contributed by atoms with Crippen LogP contribution in [0.15, 0.2) is 59.6 Å². The van der Waals surface area contributed by atoms with Crippen LogP contribution in [0.2, 0.25) is 0 Å². The van der Waals surface area contributed by atoms with Crippen LogP contribution >= 0.6 is 0 Å². The molecule has 2 aliphatic heterocycles. The summed E-state index contributed by atoms with van der Waals surface area (Å²) in [5.74, 6) is 1.19. The van der Waals surface area contributed by atoms with E-state index in [2.05, 4.69) is 11.9 Å². The molecule has 2 fully saturated rings. The van der Waals surface area contributed by atoms with Crippen molar-refractivity contribution in [2.45, 2.75) is 37.3 Å². The van der Waals surface area contributed by atoms with Crippen molar-refractivity contribution in [3.8, 4) is 11.5 Å². The monoisotopic (exact) mass is 512 g/mol. The second-order valence-corrected chi connectivity index (χ2v) is 11.7. The molecule has 0 amide bonds. The zero-order valence-electron chi connectivity index (χ0n) is 20.7. The summed E-state index contributed by atoms with van der Waals surface area (Å²) in [5, 5.41) is 0.782. The lowest BCUT2D eigenvalue weighted by molar-refractivity contribution is -0.120. The Morgan fingerprint density at radius 1 is 1.14 bits per heavy atom. The van der Waals surface area contributed by atoms with Crippen molar-refractivity contribution in [1.82, 2.24) is 9.29 Å². The number of hydrogen-bond donors (Lipinski definition) is 0. The van der Waals surface area contributed by atoms with Gasteiger partial charge in [0.15, 0.2) is 11.5 Å². The smallest absolute Gasteiger partial charge is 0.245 e. The van der Waals surface area contributed by atoms with Gasteiger partial charge in [-0.25, -0.2) is 8.42 Å². The van der Waals surface area contributed by atoms with E-state index < -0.39 is 10.0 Å². The van der Waals surface area contributed by atoms with Crippen molar-refractivity contribution in [1.29, 1.82) is 0 Å². The highest BCUT2D eigenvalue weighted by molar-refractivity contribution is 7.89. The van der Waals surface area contributed by atoms with Gasteiger partial charge < -0.3 is 18.9 Å². The number of sulfonamides is 1. The van der Waals surface area contributed by atoms with Gasteiger partial charge in [0, 0.05) is 36.7 Å². The second-order valence-electron chi connectivity index (χ2n) is 9.84. The first-order chi connectivity index (χ1) is 17.4. The van der Waals surface area contributed by atoms with E-state index in [1.54, 1.807) is 31.5 Å². The highest BCUT2D eigenvalue weighted by atomic mass is 32.2. The maximum Gasteiger partial charge on any atom is 0.245 e. The van der Waals surface area contributed by atoms with Gasteiger partial charge in [0.1, 0.15) is 4.90 Å². The Kier molecular flexibility index (Phi) is 7.16. The van der Waals surface area contributed by atoms with Crippen molar-refractivity contribution < 1.29 is 27.4 Å². The molecular formula is C27H32N2O6S. The number of rotatable bonds is 10. The largest absolute Gasteiger partial charge is 0.493 e. The third-order valence-electron chi connectivity index (χ3n) is 6.71. The number of aromatic nitrogens is 1. The average molecular weight is 513 g/mol. The van der Waals surface area contributed by atoms with Crippen LogP contribution in [-0.2, 0) is 26.0 Å². The second kappa shape index (κ2) is 10.3. The van der Waals surface area contributed by atoms with Gasteiger partial charge in [-0.1, -0.05) is 31.2 Å². The van der Waals surface area contributed by atoms with Crippen LogP contribution in [0.3, 0.4) is 0 Å². The lowest BCUT2D eigenvalue weighted by Gasteiger charge is -2.37. The van der Waals surface area contributed by atoms with Crippen molar-refractivity contribution in [2.24, 2.45) is 5.41 Å². The van der Waals surface area contributed by atoms with E-state index in [4.69, 9.17) is 18.9 Å². The molecule has 3 aromatic rings. The Bertz CT molecular complexity index is 1310. The van der Waals surface area contributed by atoms with Gasteiger partial charge in [-0.3, -0.25) is 4.98 Å². The predicted molar refractivity (Wildman–Crippen MR) is 136 cm³/mol. The van der Waals surface area contributed by atoms with Crippen molar-refractivity contribution in [2.75, 3.05) is 40.1 Å². The van der Waals surface area contributed by atoms with E-state index in [1.807, 2.05) is 30.3 Å². The van der Waals surface area contributed by atoms with E-state index in [0.29, 0.717) is 43.4 Å². The molecule has 2 aromatic carbocycles. The van der Waals surface area contributed by atoms with Gasteiger partial charge in [-0.2, -0.15) is 4.31 Å². The van der Waals surface area contributed by atoms with Gasteiger partial charge in [0.2, 0.25) is 10.0 Å². The summed E-state index contributed by atoms with van der Waals surface area (Å²) in [6.45, 7) is 5.00. The zero-order chi connectivity index (χ0) is 25.2. The molecule has 3 heterocycles. The molecule has 0 aliphatic carbocycles. The molecule has 0 bridgehead atoms. The van der Waals surface area contributed by atoms with Crippen LogP contribution in [0.25, 0.3) is 10.9 Å². The quantitative estimate of drug-likeness (QED) is 0.405. The molecule has 8 nitrogen and oxygen atoms in total. The molecule has 9 heteroatoms. The fourth-order valence-electron chi connectivity index (χ4n) is 4.61. The molecule has 2 saturated heterocycles. The molecule has 0 N–H and O–H groups in total. The number of fused-ring (bicyclic) bond motifs is 1. The molecule has 0 unspecified atom stereocenters. The summed E-state index contributed by atoms with van der Waals surface area (Å²) in [6, 6.07) is 14.5. The maximum atomic E-state index is 14.0. The minimum atomic E-state index is -3.87. The van der Waals surface area contributed by atoms with Crippen LogP contribution < -0.4 is 9.47 Å². The van der Waals surface area contributed by atoms with Crippen molar-refractivity contribution in [3.05, 3.63) is 60.3 Å². The Hall–Kier alpha value is -2.72. The number of hydrogen-bond acceptors (Lipinski definition) is 7. The minimum Gasteiger partial charge on any atom is -0.493 e. The highest BCUT2D eigenvalue weighted by Crippen LogP contribution is 2.34. The van der Waals surface area contributed by atoms with E-state index in [9.17, 15) is 8.42 Å². The maximum absolute atomic E-state index is 14.0. The fraction of sp³-hybridized carbons (Fsp3) is 0.444. The van der Waals surface area contributed by atoms with Gasteiger partial charge in [-0.15, -0.1) is 0 Å². The Labute approximate surface area is 212 Å². The standard InChI is InChI=1S/C27H32N2O6S/c1-27(17-33-18-27)19-35-24-14-20(10-11-23(24)32-2)15-29(16-22-8-5-13-34-22)36(30,31)25-9-3-6-21-7-4-12-28-26(21)25/h3-4,6-7,9-12,14,22H,5,8,13,15-19H2,1-2H3/t22-/m1/s1. The number of methoxy groups -OCH3 is 1. The molecule has 0 spiro atoms. The minimum absolute atomic E-state index is 0.0302. The third-order valence-corrected chi connectivity index (χ3v) is 8.55. The topological polar surface area (TPSA) is 87.2 Å². The van der Waals surface area contributed by atoms with Crippen LogP contribution in [0.5, 0.6) is 11.5 Å². The first-order valence-electron chi connectivity index (χ1n) is 12.2. The molecular weight excluding hydrogens is 480 g/mol. The van der Waals surface area contributed by atoms with Crippen molar-refractivity contribution >= 4 is 20.9 Å². The van der Waals surface area contributed by atoms with Crippen LogP contribution in [0.1, 0.15) is 25.3 Å². The highest BCUT2D eigenvalue weighted by Gasteiger charge is 2.35. The summed E-state index contributed by atoms with van der Waals surface area (Å²) >= 11 is 0. The molecule has 0 saturated carbocycles. The molecule has 36 heavy (non-hydrogen) atoms. The number of nitrogens with zero attached hydrogens (tertiary/aromatic N) is 2. The van der Waals surface area contributed by atoms with Gasteiger partial charge in [-0.05, 0) is 42.7 Å². The van der Waals surface area contributed by atoms with E-state index in [0.717, 1.165) is 23.8 Å². The number of para-hydroxylation sites is 1. The van der Waals surface area contributed by atoms with Crippen LogP contribution in [-0.4, -0.2) is 63.9 Å². The summed E-state index contributed by atoms with van der Waals surface area (Å²) in [5.41, 5.74) is 1.24. The Morgan fingerprint density at radius 3 is 2.69 bits per heavy atom. The number of benzene rings is 2. The van der Waals surface area contributed by atoms with E-state index >= 15 is 0 Å². The third kappa shape index (κ3) is 5.20. The molecule has 1 aromatic heterocycles. The van der Waals surface area contributed by atoms with Crippen LogP contribution in [0, 0.1) is 5.41 Å². The lowest BCUT2D eigenvalue weighted by Crippen LogP contribution is -2.44. The van der Waals surface area contributed by atoms with Gasteiger partial charge in [0.05, 0.1) is 38.6 Å². The van der Waals surface area contributed by atoms with Gasteiger partial charge >= 0.3 is 0 Å². The lowest BCUT2D eigenvalue weighted by atomic mass is 9.90. The molecule has 5 rings (SSSR count). The van der Waals surface area contributed by atoms with E-state index in [1.165, 1.54) is 4.31 Å². The molecule has 1 atom stereocenters. The van der Waals surface area contributed by atoms with Gasteiger partial charge in [0.25, 0.3) is 0 Å². The molecule has 2 aliphatic rings. The van der Waals surface area contributed by atoms with E-state index in [-0.39, 0.29) is 29.5 Å².